The number of carbonyl (C=O) groups excluding carboxylic acids is 2. The molecule has 0 radical (unpaired) electrons. The van der Waals surface area contributed by atoms with Crippen LogP contribution in [0.1, 0.15) is 88.6 Å². The van der Waals surface area contributed by atoms with Crippen LogP contribution in [0.3, 0.4) is 0 Å². The van der Waals surface area contributed by atoms with E-state index in [0.29, 0.717) is 32.2 Å². The van der Waals surface area contributed by atoms with Gasteiger partial charge in [0.25, 0.3) is 5.91 Å². The Kier molecular flexibility index (Phi) is 8.15. The summed E-state index contributed by atoms with van der Waals surface area (Å²) in [5.74, 6) is -0.428. The van der Waals surface area contributed by atoms with E-state index in [1.165, 1.54) is 13.2 Å². The van der Waals surface area contributed by atoms with E-state index in [9.17, 15) is 24.8 Å². The van der Waals surface area contributed by atoms with E-state index in [-0.39, 0.29) is 69.8 Å². The molecule has 3 aliphatic carbocycles. The second-order valence-electron chi connectivity index (χ2n) is 13.0. The highest BCUT2D eigenvalue weighted by Crippen LogP contribution is 2.49. The topological polar surface area (TPSA) is 138 Å². The zero-order chi connectivity index (χ0) is 28.5. The van der Waals surface area contributed by atoms with Gasteiger partial charge in [-0.15, -0.1) is 0 Å². The van der Waals surface area contributed by atoms with E-state index in [4.69, 9.17) is 9.47 Å². The number of methoxy groups -OCH3 is 1. The van der Waals surface area contributed by atoms with Crippen LogP contribution in [-0.2, 0) is 9.59 Å². The summed E-state index contributed by atoms with van der Waals surface area (Å²) >= 11 is 0. The van der Waals surface area contributed by atoms with Crippen molar-refractivity contribution in [1.82, 2.24) is 10.6 Å². The number of carboxylic acid groups (broad SMARTS) is 1. The number of nitrogens with zero attached hydrogens (tertiary/aromatic N) is 1. The molecule has 4 rings (SSSR count). The molecule has 3 saturated carbocycles. The van der Waals surface area contributed by atoms with Crippen molar-refractivity contribution in [3.63, 3.8) is 0 Å². The number of carboxylic acids is 1. The van der Waals surface area contributed by atoms with Crippen LogP contribution in [0.4, 0.5) is 0 Å². The largest absolute Gasteiger partial charge is 0.496 e. The van der Waals surface area contributed by atoms with E-state index in [2.05, 4.69) is 37.5 Å². The van der Waals surface area contributed by atoms with Crippen LogP contribution in [0.5, 0.6) is 11.5 Å². The van der Waals surface area contributed by atoms with Crippen molar-refractivity contribution in [2.75, 3.05) is 13.7 Å². The summed E-state index contributed by atoms with van der Waals surface area (Å²) < 4.78 is 11.6. The van der Waals surface area contributed by atoms with Gasteiger partial charge in [-0.25, -0.2) is 0 Å². The molecule has 3 N–H and O–H groups in total. The first-order valence-corrected chi connectivity index (χ1v) is 14.0. The Hall–Kier alpha value is -3.28. The zero-order valence-electron chi connectivity index (χ0n) is 23.6. The van der Waals surface area contributed by atoms with Crippen molar-refractivity contribution < 1.29 is 29.0 Å². The third-order valence-electron chi connectivity index (χ3n) is 8.82. The minimum atomic E-state index is -0.812. The standard InChI is InChI=1S/C30H41N3O6/c1-29(2,3)16-32-27(35)24-17-6-7-18(12-17)25(24)33-26(34)21-14-22(19(15-31)13-23(21)38-5)39-20-8-10-30(4,11-9-20)28(36)37/h13-14,17-18,20,24-25H,6-12,16H2,1-5H3,(H,32,35)(H,33,34)(H,36,37)/t17-,18+,20-,24-,25+,30+/m0/s1. The van der Waals surface area contributed by atoms with Gasteiger partial charge in [-0.2, -0.15) is 5.26 Å². The van der Waals surface area contributed by atoms with E-state index in [1.807, 2.05) is 0 Å². The Morgan fingerprint density at radius 3 is 2.36 bits per heavy atom. The summed E-state index contributed by atoms with van der Waals surface area (Å²) in [4.78, 5) is 38.4. The van der Waals surface area contributed by atoms with Gasteiger partial charge in [0.2, 0.25) is 5.91 Å². The SMILES string of the molecule is COc1cc(C#N)c(O[C@H]2CC[C@@](C)(C(=O)O)CC2)cc1C(=O)N[C@@H]1[C@@H]2CC[C@@H](C2)[C@@H]1C(=O)NCC(C)(C)C. The number of ether oxygens (including phenoxy) is 2. The molecule has 2 amide bonds. The number of hydrogen-bond donors (Lipinski definition) is 3. The molecular weight excluding hydrogens is 498 g/mol. The molecule has 0 unspecified atom stereocenters. The number of amides is 2. The first kappa shape index (κ1) is 28.7. The Bertz CT molecular complexity index is 1160. The molecule has 0 heterocycles. The molecule has 9 nitrogen and oxygen atoms in total. The highest BCUT2D eigenvalue weighted by atomic mass is 16.5. The van der Waals surface area contributed by atoms with Gasteiger partial charge in [0.1, 0.15) is 17.6 Å². The van der Waals surface area contributed by atoms with Crippen molar-refractivity contribution in [2.24, 2.45) is 28.6 Å². The lowest BCUT2D eigenvalue weighted by Gasteiger charge is -2.34. The number of nitrogens with one attached hydrogen (secondary N) is 2. The minimum absolute atomic E-state index is 0.0103. The Morgan fingerprint density at radius 2 is 1.77 bits per heavy atom. The summed E-state index contributed by atoms with van der Waals surface area (Å²) in [6.07, 6.45) is 4.67. The van der Waals surface area contributed by atoms with Gasteiger partial charge in [-0.05, 0) is 75.2 Å². The fraction of sp³-hybridized carbons (Fsp3) is 0.667. The highest BCUT2D eigenvalue weighted by molar-refractivity contribution is 5.98. The van der Waals surface area contributed by atoms with Gasteiger partial charge in [0.05, 0.1) is 35.7 Å². The molecule has 212 valence electrons. The molecule has 0 spiro atoms. The van der Waals surface area contributed by atoms with Crippen LogP contribution >= 0.6 is 0 Å². The van der Waals surface area contributed by atoms with Crippen LogP contribution in [0.2, 0.25) is 0 Å². The summed E-state index contributed by atoms with van der Waals surface area (Å²) in [6.45, 7) is 8.53. The van der Waals surface area contributed by atoms with Crippen LogP contribution < -0.4 is 20.1 Å². The minimum Gasteiger partial charge on any atom is -0.496 e. The maximum Gasteiger partial charge on any atom is 0.309 e. The molecule has 1 aromatic carbocycles. The third kappa shape index (κ3) is 6.15. The molecule has 0 saturated heterocycles. The summed E-state index contributed by atoms with van der Waals surface area (Å²) in [5.41, 5.74) is -0.328. The molecule has 0 aliphatic heterocycles. The van der Waals surface area contributed by atoms with Gasteiger partial charge in [0.15, 0.2) is 0 Å². The highest BCUT2D eigenvalue weighted by Gasteiger charge is 2.51. The summed E-state index contributed by atoms with van der Waals surface area (Å²) in [6, 6.07) is 4.89. The van der Waals surface area contributed by atoms with Crippen LogP contribution in [0, 0.1) is 39.9 Å². The zero-order valence-corrected chi connectivity index (χ0v) is 23.6. The van der Waals surface area contributed by atoms with Crippen LogP contribution in [0.15, 0.2) is 12.1 Å². The summed E-state index contributed by atoms with van der Waals surface area (Å²) in [5, 5.41) is 25.5. The monoisotopic (exact) mass is 539 g/mol. The average molecular weight is 540 g/mol. The Labute approximate surface area is 230 Å². The molecule has 3 fully saturated rings. The number of carbonyl (C=O) groups is 3. The molecule has 0 aromatic heterocycles. The van der Waals surface area contributed by atoms with Gasteiger partial charge in [-0.1, -0.05) is 20.8 Å². The van der Waals surface area contributed by atoms with E-state index in [1.54, 1.807) is 13.0 Å². The van der Waals surface area contributed by atoms with Crippen LogP contribution in [-0.4, -0.2) is 48.7 Å². The maximum atomic E-state index is 13.6. The quantitative estimate of drug-likeness (QED) is 0.448. The second-order valence-corrected chi connectivity index (χ2v) is 13.0. The number of benzene rings is 1. The molecule has 4 atom stereocenters. The molecule has 2 bridgehead atoms. The van der Waals surface area contributed by atoms with Crippen molar-refractivity contribution in [2.45, 2.75) is 84.8 Å². The van der Waals surface area contributed by atoms with Crippen molar-refractivity contribution >= 4 is 17.8 Å². The van der Waals surface area contributed by atoms with Gasteiger partial charge in [-0.3, -0.25) is 14.4 Å². The fourth-order valence-corrected chi connectivity index (χ4v) is 6.41. The lowest BCUT2D eigenvalue weighted by atomic mass is 9.75. The number of hydrogen-bond acceptors (Lipinski definition) is 6. The number of nitriles is 1. The van der Waals surface area contributed by atoms with Crippen molar-refractivity contribution in [3.8, 4) is 17.6 Å². The summed E-state index contributed by atoms with van der Waals surface area (Å²) in [7, 11) is 1.45. The lowest BCUT2D eigenvalue weighted by molar-refractivity contribution is -0.150. The fourth-order valence-electron chi connectivity index (χ4n) is 6.41. The molecular formula is C30H41N3O6. The average Bonchev–Trinajstić information content (AvgIpc) is 3.50. The lowest BCUT2D eigenvalue weighted by Crippen LogP contribution is -2.50. The van der Waals surface area contributed by atoms with Gasteiger partial charge >= 0.3 is 5.97 Å². The predicted molar refractivity (Wildman–Crippen MR) is 144 cm³/mol. The first-order valence-electron chi connectivity index (χ1n) is 14.0. The van der Waals surface area contributed by atoms with E-state index < -0.39 is 11.4 Å². The molecule has 39 heavy (non-hydrogen) atoms. The van der Waals surface area contributed by atoms with Gasteiger partial charge < -0.3 is 25.2 Å². The predicted octanol–water partition coefficient (Wildman–Crippen LogP) is 4.29. The Morgan fingerprint density at radius 1 is 1.10 bits per heavy atom. The number of aliphatic carboxylic acids is 1. The molecule has 3 aliphatic rings. The van der Waals surface area contributed by atoms with Crippen LogP contribution in [0.25, 0.3) is 0 Å². The van der Waals surface area contributed by atoms with E-state index >= 15 is 0 Å². The van der Waals surface area contributed by atoms with Gasteiger partial charge in [0, 0.05) is 18.7 Å². The second kappa shape index (κ2) is 11.1. The van der Waals surface area contributed by atoms with E-state index in [0.717, 1.165) is 19.3 Å². The Balaban J connectivity index is 1.52. The smallest absolute Gasteiger partial charge is 0.309 e. The number of fused-ring (bicyclic) bond motifs is 2. The van der Waals surface area contributed by atoms with Crippen molar-refractivity contribution in [1.29, 1.82) is 5.26 Å². The number of rotatable bonds is 8. The normalized spacial score (nSPS) is 29.8. The van der Waals surface area contributed by atoms with Crippen molar-refractivity contribution in [3.05, 3.63) is 23.3 Å². The molecule has 9 heteroatoms. The first-order chi connectivity index (χ1) is 18.3. The maximum absolute atomic E-state index is 13.6. The molecule has 1 aromatic rings. The third-order valence-corrected chi connectivity index (χ3v) is 8.82.